The van der Waals surface area contributed by atoms with Crippen LogP contribution < -0.4 is 10.6 Å². The molecule has 0 aliphatic carbocycles. The molecule has 0 aromatic heterocycles. The van der Waals surface area contributed by atoms with E-state index < -0.39 is 11.8 Å². The minimum absolute atomic E-state index is 0.196. The zero-order valence-electron chi connectivity index (χ0n) is 12.2. The normalized spacial score (nSPS) is 10.1. The fourth-order valence-electron chi connectivity index (χ4n) is 1.92. The van der Waals surface area contributed by atoms with Gasteiger partial charge in [0, 0.05) is 12.2 Å². The molecule has 0 saturated carbocycles. The predicted molar refractivity (Wildman–Crippen MR) is 82.9 cm³/mol. The van der Waals surface area contributed by atoms with Crippen molar-refractivity contribution >= 4 is 17.5 Å². The van der Waals surface area contributed by atoms with E-state index in [1.165, 1.54) is 6.07 Å². The molecule has 0 heterocycles. The molecule has 4 nitrogen and oxygen atoms in total. The lowest BCUT2D eigenvalue weighted by atomic mass is 10.1. The Labute approximate surface area is 128 Å². The number of benzene rings is 2. The zero-order valence-corrected chi connectivity index (χ0v) is 12.2. The van der Waals surface area contributed by atoms with Crippen molar-refractivity contribution in [1.29, 1.82) is 0 Å². The Morgan fingerprint density at radius 3 is 2.36 bits per heavy atom. The summed E-state index contributed by atoms with van der Waals surface area (Å²) in [7, 11) is 0. The van der Waals surface area contributed by atoms with Gasteiger partial charge in [0.15, 0.2) is 0 Å². The van der Waals surface area contributed by atoms with Crippen molar-refractivity contribution in [2.24, 2.45) is 0 Å². The molecule has 2 amide bonds. The van der Waals surface area contributed by atoms with Gasteiger partial charge in [-0.2, -0.15) is 0 Å². The molecule has 0 bridgehead atoms. The molecule has 2 rings (SSSR count). The molecular weight excluding hydrogens is 283 g/mol. The summed E-state index contributed by atoms with van der Waals surface area (Å²) < 4.78 is 13.4. The van der Waals surface area contributed by atoms with Crippen LogP contribution in [0.4, 0.5) is 10.1 Å². The maximum absolute atomic E-state index is 13.4. The summed E-state index contributed by atoms with van der Waals surface area (Å²) in [5.41, 5.74) is 2.12. The third kappa shape index (κ3) is 4.41. The van der Waals surface area contributed by atoms with Gasteiger partial charge in [-0.1, -0.05) is 35.9 Å². The van der Waals surface area contributed by atoms with Crippen LogP contribution in [0.2, 0.25) is 0 Å². The lowest BCUT2D eigenvalue weighted by molar-refractivity contribution is -0.136. The number of aryl methyl sites for hydroxylation is 1. The van der Waals surface area contributed by atoms with Gasteiger partial charge in [-0.05, 0) is 37.1 Å². The summed E-state index contributed by atoms with van der Waals surface area (Å²) in [6, 6.07) is 13.5. The average molecular weight is 300 g/mol. The van der Waals surface area contributed by atoms with E-state index in [0.717, 1.165) is 5.56 Å². The van der Waals surface area contributed by atoms with Gasteiger partial charge in [0.1, 0.15) is 5.82 Å². The summed E-state index contributed by atoms with van der Waals surface area (Å²) >= 11 is 0. The highest BCUT2D eigenvalue weighted by Crippen LogP contribution is 2.08. The Hall–Kier alpha value is -2.69. The van der Waals surface area contributed by atoms with Crippen molar-refractivity contribution in [2.75, 3.05) is 11.9 Å². The summed E-state index contributed by atoms with van der Waals surface area (Å²) in [5, 5.41) is 4.98. The van der Waals surface area contributed by atoms with Gasteiger partial charge >= 0.3 is 11.8 Å². The van der Waals surface area contributed by atoms with E-state index in [0.29, 0.717) is 17.7 Å². The van der Waals surface area contributed by atoms with Crippen LogP contribution in [0.1, 0.15) is 11.1 Å². The maximum Gasteiger partial charge on any atom is 0.313 e. The van der Waals surface area contributed by atoms with Crippen molar-refractivity contribution < 1.29 is 14.0 Å². The molecule has 0 aliphatic heterocycles. The Morgan fingerprint density at radius 2 is 1.68 bits per heavy atom. The first-order valence-corrected chi connectivity index (χ1v) is 6.95. The first kappa shape index (κ1) is 15.7. The maximum atomic E-state index is 13.4. The molecule has 0 atom stereocenters. The SMILES string of the molecule is Cc1ccc(NC(=O)C(=O)NCCc2ccccc2F)cc1. The third-order valence-electron chi connectivity index (χ3n) is 3.15. The number of amides is 2. The molecule has 0 saturated heterocycles. The van der Waals surface area contributed by atoms with Crippen LogP contribution >= 0.6 is 0 Å². The van der Waals surface area contributed by atoms with Crippen molar-refractivity contribution in [3.8, 4) is 0 Å². The second kappa shape index (κ2) is 7.36. The van der Waals surface area contributed by atoms with E-state index in [9.17, 15) is 14.0 Å². The van der Waals surface area contributed by atoms with E-state index in [-0.39, 0.29) is 12.4 Å². The molecule has 0 spiro atoms. The number of nitrogens with one attached hydrogen (secondary N) is 2. The van der Waals surface area contributed by atoms with Gasteiger partial charge < -0.3 is 10.6 Å². The lowest BCUT2D eigenvalue weighted by Gasteiger charge is -2.07. The number of halogens is 1. The molecule has 5 heteroatoms. The molecule has 0 aliphatic rings. The Balaban J connectivity index is 1.80. The van der Waals surface area contributed by atoms with Crippen molar-refractivity contribution in [2.45, 2.75) is 13.3 Å². The fourth-order valence-corrected chi connectivity index (χ4v) is 1.92. The lowest BCUT2D eigenvalue weighted by Crippen LogP contribution is -2.36. The molecular formula is C17H17FN2O2. The number of rotatable bonds is 4. The van der Waals surface area contributed by atoms with E-state index in [4.69, 9.17) is 0 Å². The number of carbonyl (C=O) groups is 2. The monoisotopic (exact) mass is 300 g/mol. The Morgan fingerprint density at radius 1 is 1.00 bits per heavy atom. The van der Waals surface area contributed by atoms with E-state index >= 15 is 0 Å². The van der Waals surface area contributed by atoms with Crippen LogP contribution in [0.3, 0.4) is 0 Å². The largest absolute Gasteiger partial charge is 0.347 e. The third-order valence-corrected chi connectivity index (χ3v) is 3.15. The summed E-state index contributed by atoms with van der Waals surface area (Å²) in [6.45, 7) is 2.13. The van der Waals surface area contributed by atoms with Crippen LogP contribution in [-0.2, 0) is 16.0 Å². The van der Waals surface area contributed by atoms with Crippen LogP contribution in [0.5, 0.6) is 0 Å². The van der Waals surface area contributed by atoms with E-state index in [2.05, 4.69) is 10.6 Å². The topological polar surface area (TPSA) is 58.2 Å². The Bertz CT molecular complexity index is 669. The molecule has 0 fully saturated rings. The number of anilines is 1. The highest BCUT2D eigenvalue weighted by Gasteiger charge is 2.13. The first-order chi connectivity index (χ1) is 10.6. The summed E-state index contributed by atoms with van der Waals surface area (Å²) in [6.07, 6.45) is 0.330. The number of hydrogen-bond donors (Lipinski definition) is 2. The molecule has 22 heavy (non-hydrogen) atoms. The smallest absolute Gasteiger partial charge is 0.313 e. The van der Waals surface area contributed by atoms with E-state index in [1.54, 1.807) is 30.3 Å². The van der Waals surface area contributed by atoms with Gasteiger partial charge in [0.05, 0.1) is 0 Å². The molecule has 2 aromatic rings. The highest BCUT2D eigenvalue weighted by molar-refractivity contribution is 6.39. The predicted octanol–water partition coefficient (Wildman–Crippen LogP) is 2.43. The van der Waals surface area contributed by atoms with Gasteiger partial charge in [0.25, 0.3) is 0 Å². The van der Waals surface area contributed by atoms with Crippen molar-refractivity contribution in [3.05, 3.63) is 65.5 Å². The minimum atomic E-state index is -0.739. The summed E-state index contributed by atoms with van der Waals surface area (Å²) in [4.78, 5) is 23.4. The average Bonchev–Trinajstić information content (AvgIpc) is 2.51. The van der Waals surface area contributed by atoms with Gasteiger partial charge in [-0.25, -0.2) is 4.39 Å². The molecule has 2 N–H and O–H groups in total. The van der Waals surface area contributed by atoms with Crippen molar-refractivity contribution in [1.82, 2.24) is 5.32 Å². The van der Waals surface area contributed by atoms with E-state index in [1.807, 2.05) is 19.1 Å². The van der Waals surface area contributed by atoms with Gasteiger partial charge in [-0.15, -0.1) is 0 Å². The Kier molecular flexibility index (Phi) is 5.25. The summed E-state index contributed by atoms with van der Waals surface area (Å²) in [5.74, 6) is -1.80. The highest BCUT2D eigenvalue weighted by atomic mass is 19.1. The first-order valence-electron chi connectivity index (χ1n) is 6.95. The number of hydrogen-bond acceptors (Lipinski definition) is 2. The second-order valence-corrected chi connectivity index (χ2v) is 4.92. The van der Waals surface area contributed by atoms with Gasteiger partial charge in [0.2, 0.25) is 0 Å². The van der Waals surface area contributed by atoms with Gasteiger partial charge in [-0.3, -0.25) is 9.59 Å². The van der Waals surface area contributed by atoms with Crippen molar-refractivity contribution in [3.63, 3.8) is 0 Å². The molecule has 0 radical (unpaired) electrons. The number of carbonyl (C=O) groups excluding carboxylic acids is 2. The van der Waals surface area contributed by atoms with Crippen LogP contribution in [0, 0.1) is 12.7 Å². The zero-order chi connectivity index (χ0) is 15.9. The second-order valence-electron chi connectivity index (χ2n) is 4.92. The van der Waals surface area contributed by atoms with Crippen LogP contribution in [-0.4, -0.2) is 18.4 Å². The van der Waals surface area contributed by atoms with Crippen LogP contribution in [0.15, 0.2) is 48.5 Å². The molecule has 114 valence electrons. The van der Waals surface area contributed by atoms with Crippen LogP contribution in [0.25, 0.3) is 0 Å². The minimum Gasteiger partial charge on any atom is -0.347 e. The quantitative estimate of drug-likeness (QED) is 0.852. The fraction of sp³-hybridized carbons (Fsp3) is 0.176. The molecule has 0 unspecified atom stereocenters. The molecule has 2 aromatic carbocycles. The standard InChI is InChI=1S/C17H17FN2O2/c1-12-6-8-14(9-7-12)20-17(22)16(21)19-11-10-13-4-2-3-5-15(13)18/h2-9H,10-11H2,1H3,(H,19,21)(H,20,22).